The van der Waals surface area contributed by atoms with E-state index >= 15 is 0 Å². The lowest BCUT2D eigenvalue weighted by Gasteiger charge is -2.12. The Balaban J connectivity index is 1.91. The molecule has 0 saturated heterocycles. The molecule has 0 N–H and O–H groups in total. The van der Waals surface area contributed by atoms with Gasteiger partial charge in [0, 0.05) is 0 Å². The molecule has 0 unspecified atom stereocenters. The molecule has 0 atom stereocenters. The first kappa shape index (κ1) is 12.6. The zero-order chi connectivity index (χ0) is 15.3. The largest absolute Gasteiger partial charge is 0.286 e. The van der Waals surface area contributed by atoms with Gasteiger partial charge in [0.1, 0.15) is 0 Å². The molecule has 0 spiro atoms. The van der Waals surface area contributed by atoms with Crippen LogP contribution < -0.4 is 4.90 Å². The van der Waals surface area contributed by atoms with Gasteiger partial charge in [0.25, 0.3) is 11.8 Å². The first-order valence-electron chi connectivity index (χ1n) is 6.87. The first-order valence-corrected chi connectivity index (χ1v) is 6.87. The molecule has 4 rings (SSSR count). The lowest BCUT2D eigenvalue weighted by molar-refractivity contribution is 0.0923. The summed E-state index contributed by atoms with van der Waals surface area (Å²) >= 11 is 0. The summed E-state index contributed by atoms with van der Waals surface area (Å²) in [6, 6.07) is 14.4. The smallest absolute Gasteiger partial charge is 0.266 e. The summed E-state index contributed by atoms with van der Waals surface area (Å²) in [5, 5.41) is 0. The van der Waals surface area contributed by atoms with E-state index in [1.54, 1.807) is 30.3 Å². The SMILES string of the molecule is Cc1ccc2nc3c(nc2c1)C(=O)N(c1ccccc1)C3=O. The van der Waals surface area contributed by atoms with Crippen LogP contribution in [0.2, 0.25) is 0 Å². The van der Waals surface area contributed by atoms with Crippen LogP contribution in [-0.4, -0.2) is 21.8 Å². The summed E-state index contributed by atoms with van der Waals surface area (Å²) in [4.78, 5) is 34.9. The Morgan fingerprint density at radius 2 is 1.45 bits per heavy atom. The van der Waals surface area contributed by atoms with Gasteiger partial charge in [-0.05, 0) is 36.8 Å². The maximum atomic E-state index is 12.5. The number of carbonyl (C=O) groups is 2. The van der Waals surface area contributed by atoms with Crippen molar-refractivity contribution in [2.24, 2.45) is 0 Å². The van der Waals surface area contributed by atoms with Crippen LogP contribution in [0.15, 0.2) is 48.5 Å². The second-order valence-corrected chi connectivity index (χ2v) is 5.19. The van der Waals surface area contributed by atoms with Crippen LogP contribution in [0.3, 0.4) is 0 Å². The number of rotatable bonds is 1. The van der Waals surface area contributed by atoms with Gasteiger partial charge in [-0.15, -0.1) is 0 Å². The molecule has 0 aliphatic carbocycles. The number of benzene rings is 2. The van der Waals surface area contributed by atoms with E-state index in [0.717, 1.165) is 10.5 Å². The van der Waals surface area contributed by atoms with Gasteiger partial charge in [-0.25, -0.2) is 14.9 Å². The topological polar surface area (TPSA) is 63.2 Å². The van der Waals surface area contributed by atoms with Crippen molar-refractivity contribution in [3.8, 4) is 0 Å². The minimum atomic E-state index is -0.429. The van der Waals surface area contributed by atoms with Crippen molar-refractivity contribution in [3.63, 3.8) is 0 Å². The number of aryl methyl sites for hydroxylation is 1. The zero-order valence-corrected chi connectivity index (χ0v) is 11.8. The van der Waals surface area contributed by atoms with E-state index in [1.165, 1.54) is 0 Å². The van der Waals surface area contributed by atoms with E-state index in [2.05, 4.69) is 9.97 Å². The highest BCUT2D eigenvalue weighted by Crippen LogP contribution is 2.27. The fraction of sp³-hybridized carbons (Fsp3) is 0.0588. The number of para-hydroxylation sites is 1. The number of aromatic nitrogens is 2. The zero-order valence-electron chi connectivity index (χ0n) is 11.8. The number of anilines is 1. The van der Waals surface area contributed by atoms with Crippen LogP contribution in [-0.2, 0) is 0 Å². The van der Waals surface area contributed by atoms with Crippen LogP contribution in [0.5, 0.6) is 0 Å². The van der Waals surface area contributed by atoms with Crippen LogP contribution in [0.1, 0.15) is 26.5 Å². The number of nitrogens with zero attached hydrogens (tertiary/aromatic N) is 3. The van der Waals surface area contributed by atoms with Crippen LogP contribution >= 0.6 is 0 Å². The van der Waals surface area contributed by atoms with Crippen molar-refractivity contribution in [3.05, 3.63) is 65.5 Å². The van der Waals surface area contributed by atoms with Gasteiger partial charge in [0.15, 0.2) is 11.4 Å². The molecule has 1 aliphatic heterocycles. The average molecular weight is 289 g/mol. The number of amides is 2. The van der Waals surface area contributed by atoms with Gasteiger partial charge in [-0.3, -0.25) is 9.59 Å². The quantitative estimate of drug-likeness (QED) is 0.646. The number of carbonyl (C=O) groups excluding carboxylic acids is 2. The molecule has 5 heteroatoms. The molecule has 2 aromatic carbocycles. The van der Waals surface area contributed by atoms with Gasteiger partial charge >= 0.3 is 0 Å². The summed E-state index contributed by atoms with van der Waals surface area (Å²) in [6.07, 6.45) is 0. The lowest BCUT2D eigenvalue weighted by atomic mass is 10.2. The van der Waals surface area contributed by atoms with Crippen molar-refractivity contribution in [1.29, 1.82) is 0 Å². The van der Waals surface area contributed by atoms with Crippen molar-refractivity contribution >= 4 is 28.5 Å². The fourth-order valence-corrected chi connectivity index (χ4v) is 2.58. The van der Waals surface area contributed by atoms with Gasteiger partial charge in [-0.1, -0.05) is 24.3 Å². The molecule has 5 nitrogen and oxygen atoms in total. The number of hydrogen-bond acceptors (Lipinski definition) is 4. The average Bonchev–Trinajstić information content (AvgIpc) is 2.77. The van der Waals surface area contributed by atoms with Crippen molar-refractivity contribution in [1.82, 2.24) is 9.97 Å². The summed E-state index contributed by atoms with van der Waals surface area (Å²) in [5.41, 5.74) is 3.02. The van der Waals surface area contributed by atoms with Crippen LogP contribution in [0, 0.1) is 6.92 Å². The van der Waals surface area contributed by atoms with Crippen LogP contribution in [0.25, 0.3) is 11.0 Å². The summed E-state index contributed by atoms with van der Waals surface area (Å²) in [7, 11) is 0. The summed E-state index contributed by atoms with van der Waals surface area (Å²) in [5.74, 6) is -0.858. The molecule has 22 heavy (non-hydrogen) atoms. The highest BCUT2D eigenvalue weighted by atomic mass is 16.2. The second-order valence-electron chi connectivity index (χ2n) is 5.19. The highest BCUT2D eigenvalue weighted by molar-refractivity contribution is 6.33. The molecule has 106 valence electrons. The third kappa shape index (κ3) is 1.72. The second kappa shape index (κ2) is 4.46. The van der Waals surface area contributed by atoms with E-state index < -0.39 is 11.8 Å². The van der Waals surface area contributed by atoms with Gasteiger partial charge in [-0.2, -0.15) is 0 Å². The van der Waals surface area contributed by atoms with E-state index in [-0.39, 0.29) is 11.4 Å². The summed E-state index contributed by atoms with van der Waals surface area (Å²) < 4.78 is 0. The number of fused-ring (bicyclic) bond motifs is 2. The molecule has 2 heterocycles. The molecule has 0 bridgehead atoms. The Kier molecular flexibility index (Phi) is 2.56. The van der Waals surface area contributed by atoms with Crippen LogP contribution in [0.4, 0.5) is 5.69 Å². The van der Waals surface area contributed by atoms with E-state index in [0.29, 0.717) is 16.7 Å². The minimum Gasteiger partial charge on any atom is -0.266 e. The van der Waals surface area contributed by atoms with E-state index in [1.807, 2.05) is 25.1 Å². The molecular formula is C17H11N3O2. The normalized spacial score (nSPS) is 13.8. The third-order valence-electron chi connectivity index (χ3n) is 3.65. The molecule has 1 aliphatic rings. The molecule has 0 radical (unpaired) electrons. The first-order chi connectivity index (χ1) is 10.6. The Bertz CT molecular complexity index is 935. The van der Waals surface area contributed by atoms with Crippen molar-refractivity contribution < 1.29 is 9.59 Å². The predicted molar refractivity (Wildman–Crippen MR) is 81.9 cm³/mol. The van der Waals surface area contributed by atoms with E-state index in [9.17, 15) is 9.59 Å². The number of imide groups is 1. The molecule has 0 saturated carbocycles. The van der Waals surface area contributed by atoms with Gasteiger partial charge in [0.2, 0.25) is 0 Å². The van der Waals surface area contributed by atoms with Gasteiger partial charge in [0.05, 0.1) is 16.7 Å². The summed E-state index contributed by atoms with van der Waals surface area (Å²) in [6.45, 7) is 1.94. The molecule has 3 aromatic rings. The third-order valence-corrected chi connectivity index (χ3v) is 3.65. The lowest BCUT2D eigenvalue weighted by Crippen LogP contribution is -2.29. The molecular weight excluding hydrogens is 278 g/mol. The fourth-order valence-electron chi connectivity index (χ4n) is 2.58. The Hall–Kier alpha value is -3.08. The minimum absolute atomic E-state index is 0.116. The van der Waals surface area contributed by atoms with E-state index in [4.69, 9.17) is 0 Å². The molecule has 1 aromatic heterocycles. The standard InChI is InChI=1S/C17H11N3O2/c1-10-7-8-12-13(9-10)19-15-14(18-12)16(21)20(17(15)22)11-5-3-2-4-6-11/h2-9H,1H3. The van der Waals surface area contributed by atoms with Crippen molar-refractivity contribution in [2.45, 2.75) is 6.92 Å². The monoisotopic (exact) mass is 289 g/mol. The van der Waals surface area contributed by atoms with Gasteiger partial charge < -0.3 is 0 Å². The maximum Gasteiger partial charge on any atom is 0.286 e. The Morgan fingerprint density at radius 3 is 2.14 bits per heavy atom. The Morgan fingerprint density at radius 1 is 0.818 bits per heavy atom. The highest BCUT2D eigenvalue weighted by Gasteiger charge is 2.39. The molecule has 2 amide bonds. The predicted octanol–water partition coefficient (Wildman–Crippen LogP) is 2.74. The maximum absolute atomic E-state index is 12.5. The van der Waals surface area contributed by atoms with Crippen molar-refractivity contribution in [2.75, 3.05) is 4.90 Å². The Labute approximate surface area is 126 Å². The number of hydrogen-bond donors (Lipinski definition) is 0. The molecule has 0 fully saturated rings.